The molecule has 2 fully saturated rings. The van der Waals surface area contributed by atoms with Crippen molar-refractivity contribution in [1.29, 1.82) is 0 Å². The molecule has 1 saturated carbocycles. The number of nitrogens with zero attached hydrogens (tertiary/aromatic N) is 2. The molecule has 1 aromatic carbocycles. The van der Waals surface area contributed by atoms with E-state index in [0.717, 1.165) is 19.0 Å². The molecule has 1 saturated heterocycles. The summed E-state index contributed by atoms with van der Waals surface area (Å²) in [5.74, 6) is 1.96. The quantitative estimate of drug-likeness (QED) is 0.933. The maximum atomic E-state index is 4.74. The van der Waals surface area contributed by atoms with Gasteiger partial charge in [-0.15, -0.1) is 0 Å². The van der Waals surface area contributed by atoms with Crippen LogP contribution in [0.5, 0.6) is 0 Å². The van der Waals surface area contributed by atoms with E-state index in [1.165, 1.54) is 48.8 Å². The van der Waals surface area contributed by atoms with Gasteiger partial charge in [-0.05, 0) is 56.1 Å². The van der Waals surface area contributed by atoms with Crippen molar-refractivity contribution >= 4 is 16.6 Å². The zero-order valence-electron chi connectivity index (χ0n) is 12.5. The Morgan fingerprint density at radius 3 is 2.86 bits per heavy atom. The van der Waals surface area contributed by atoms with Crippen molar-refractivity contribution in [3.63, 3.8) is 0 Å². The highest BCUT2D eigenvalue weighted by atomic mass is 15.2. The van der Waals surface area contributed by atoms with Crippen LogP contribution in [0.25, 0.3) is 10.8 Å². The maximum Gasteiger partial charge on any atom is 0.136 e. The Morgan fingerprint density at radius 2 is 2.05 bits per heavy atom. The maximum absolute atomic E-state index is 4.74. The van der Waals surface area contributed by atoms with Crippen molar-refractivity contribution in [2.75, 3.05) is 24.5 Å². The third kappa shape index (κ3) is 2.75. The van der Waals surface area contributed by atoms with Crippen LogP contribution in [0.15, 0.2) is 36.5 Å². The fraction of sp³-hybridized carbons (Fsp3) is 0.500. The molecule has 4 rings (SSSR count). The van der Waals surface area contributed by atoms with Crippen molar-refractivity contribution in [1.82, 2.24) is 10.3 Å². The summed E-state index contributed by atoms with van der Waals surface area (Å²) in [7, 11) is 0. The van der Waals surface area contributed by atoms with Gasteiger partial charge >= 0.3 is 0 Å². The first-order chi connectivity index (χ1) is 10.4. The highest BCUT2D eigenvalue weighted by molar-refractivity contribution is 5.92. The van der Waals surface area contributed by atoms with Crippen molar-refractivity contribution in [2.24, 2.45) is 5.92 Å². The lowest BCUT2D eigenvalue weighted by Crippen LogP contribution is -2.39. The molecule has 0 amide bonds. The SMILES string of the molecule is c1ccc2c(N(CC3CCCNC3)C3CC3)nccc2c1. The van der Waals surface area contributed by atoms with Crippen molar-refractivity contribution < 1.29 is 0 Å². The number of aromatic nitrogens is 1. The number of hydrogen-bond acceptors (Lipinski definition) is 3. The monoisotopic (exact) mass is 281 g/mol. The molecule has 1 aromatic heterocycles. The molecule has 1 aliphatic carbocycles. The van der Waals surface area contributed by atoms with Crippen LogP contribution in [-0.4, -0.2) is 30.7 Å². The second-order valence-electron chi connectivity index (χ2n) is 6.45. The summed E-state index contributed by atoms with van der Waals surface area (Å²) in [4.78, 5) is 7.32. The molecule has 1 atom stereocenters. The molecule has 0 spiro atoms. The third-order valence-corrected chi connectivity index (χ3v) is 4.77. The zero-order chi connectivity index (χ0) is 14.1. The number of pyridine rings is 1. The van der Waals surface area contributed by atoms with E-state index in [4.69, 9.17) is 4.98 Å². The van der Waals surface area contributed by atoms with Crippen LogP contribution in [-0.2, 0) is 0 Å². The molecule has 2 aliphatic rings. The third-order valence-electron chi connectivity index (χ3n) is 4.77. The van der Waals surface area contributed by atoms with Gasteiger partial charge in [-0.25, -0.2) is 4.98 Å². The van der Waals surface area contributed by atoms with Gasteiger partial charge in [0.2, 0.25) is 0 Å². The van der Waals surface area contributed by atoms with Crippen LogP contribution >= 0.6 is 0 Å². The van der Waals surface area contributed by atoms with Crippen LogP contribution in [0.1, 0.15) is 25.7 Å². The fourth-order valence-corrected chi connectivity index (χ4v) is 3.49. The smallest absolute Gasteiger partial charge is 0.136 e. The Kier molecular flexibility index (Phi) is 3.52. The van der Waals surface area contributed by atoms with E-state index in [9.17, 15) is 0 Å². The van der Waals surface area contributed by atoms with E-state index in [2.05, 4.69) is 40.5 Å². The number of rotatable bonds is 4. The fourth-order valence-electron chi connectivity index (χ4n) is 3.49. The molecular weight excluding hydrogens is 258 g/mol. The Morgan fingerprint density at radius 1 is 1.14 bits per heavy atom. The first-order valence-electron chi connectivity index (χ1n) is 8.23. The lowest BCUT2D eigenvalue weighted by molar-refractivity contribution is 0.375. The lowest BCUT2D eigenvalue weighted by Gasteiger charge is -2.31. The van der Waals surface area contributed by atoms with Crippen molar-refractivity contribution in [3.8, 4) is 0 Å². The molecule has 1 unspecified atom stereocenters. The minimum Gasteiger partial charge on any atom is -0.353 e. The van der Waals surface area contributed by atoms with Crippen LogP contribution in [0, 0.1) is 5.92 Å². The highest BCUT2D eigenvalue weighted by Gasteiger charge is 2.32. The van der Waals surface area contributed by atoms with Gasteiger partial charge in [-0.1, -0.05) is 24.3 Å². The molecular formula is C18H23N3. The van der Waals surface area contributed by atoms with Gasteiger partial charge in [0.1, 0.15) is 5.82 Å². The largest absolute Gasteiger partial charge is 0.353 e. The predicted octanol–water partition coefficient (Wildman–Crippen LogP) is 3.20. The van der Waals surface area contributed by atoms with Crippen LogP contribution in [0.4, 0.5) is 5.82 Å². The Labute approximate surface area is 126 Å². The Hall–Kier alpha value is -1.61. The van der Waals surface area contributed by atoms with Gasteiger partial charge in [0.05, 0.1) is 0 Å². The van der Waals surface area contributed by atoms with Gasteiger partial charge in [-0.2, -0.15) is 0 Å². The van der Waals surface area contributed by atoms with Gasteiger partial charge in [-0.3, -0.25) is 0 Å². The first kappa shape index (κ1) is 13.1. The molecule has 0 bridgehead atoms. The van der Waals surface area contributed by atoms with E-state index in [-0.39, 0.29) is 0 Å². The number of fused-ring (bicyclic) bond motifs is 1. The lowest BCUT2D eigenvalue weighted by atomic mass is 9.98. The van der Waals surface area contributed by atoms with Crippen molar-refractivity contribution in [2.45, 2.75) is 31.7 Å². The number of benzene rings is 1. The van der Waals surface area contributed by atoms with Gasteiger partial charge in [0, 0.05) is 24.2 Å². The summed E-state index contributed by atoms with van der Waals surface area (Å²) < 4.78 is 0. The van der Waals surface area contributed by atoms with Gasteiger partial charge in [0.25, 0.3) is 0 Å². The average molecular weight is 281 g/mol. The molecule has 2 heterocycles. The minimum absolute atomic E-state index is 0.713. The molecule has 21 heavy (non-hydrogen) atoms. The number of piperidine rings is 1. The summed E-state index contributed by atoms with van der Waals surface area (Å²) in [6.07, 6.45) is 7.27. The van der Waals surface area contributed by atoms with E-state index in [1.54, 1.807) is 0 Å². The molecule has 3 nitrogen and oxygen atoms in total. The molecule has 1 aliphatic heterocycles. The number of anilines is 1. The molecule has 0 radical (unpaired) electrons. The van der Waals surface area contributed by atoms with Crippen LogP contribution < -0.4 is 10.2 Å². The topological polar surface area (TPSA) is 28.2 Å². The van der Waals surface area contributed by atoms with E-state index in [1.807, 2.05) is 6.20 Å². The molecule has 110 valence electrons. The van der Waals surface area contributed by atoms with Crippen LogP contribution in [0.2, 0.25) is 0 Å². The normalized spacial score (nSPS) is 22.4. The van der Waals surface area contributed by atoms with Gasteiger partial charge in [0.15, 0.2) is 0 Å². The highest BCUT2D eigenvalue weighted by Crippen LogP contribution is 2.35. The first-order valence-corrected chi connectivity index (χ1v) is 8.23. The molecule has 1 N–H and O–H groups in total. The molecule has 3 heteroatoms. The standard InChI is InChI=1S/C18H23N3/c1-2-6-17-15(5-1)9-11-20-18(17)21(16-7-8-16)13-14-4-3-10-19-12-14/h1-2,5-6,9,11,14,16,19H,3-4,7-8,10,12-13H2. The summed E-state index contributed by atoms with van der Waals surface area (Å²) >= 11 is 0. The van der Waals surface area contributed by atoms with Crippen LogP contribution in [0.3, 0.4) is 0 Å². The summed E-state index contributed by atoms with van der Waals surface area (Å²) in [6.45, 7) is 3.50. The second-order valence-corrected chi connectivity index (χ2v) is 6.45. The van der Waals surface area contributed by atoms with E-state index >= 15 is 0 Å². The minimum atomic E-state index is 0.713. The number of nitrogens with one attached hydrogen (secondary N) is 1. The summed E-state index contributed by atoms with van der Waals surface area (Å²) in [6, 6.07) is 11.5. The van der Waals surface area contributed by atoms with Gasteiger partial charge < -0.3 is 10.2 Å². The average Bonchev–Trinajstić information content (AvgIpc) is 3.38. The predicted molar refractivity (Wildman–Crippen MR) is 87.7 cm³/mol. The second kappa shape index (κ2) is 5.64. The Bertz CT molecular complexity index is 609. The van der Waals surface area contributed by atoms with Crippen molar-refractivity contribution in [3.05, 3.63) is 36.5 Å². The number of hydrogen-bond donors (Lipinski definition) is 1. The molecule has 2 aromatic rings. The van der Waals surface area contributed by atoms with E-state index < -0.39 is 0 Å². The Balaban J connectivity index is 1.65. The summed E-state index contributed by atoms with van der Waals surface area (Å²) in [5.41, 5.74) is 0. The van der Waals surface area contributed by atoms with E-state index in [0.29, 0.717) is 6.04 Å². The summed E-state index contributed by atoms with van der Waals surface area (Å²) in [5, 5.41) is 6.14. The zero-order valence-corrected chi connectivity index (χ0v) is 12.5.